The van der Waals surface area contributed by atoms with Gasteiger partial charge in [-0.3, -0.25) is 20.4 Å². The second-order valence-electron chi connectivity index (χ2n) is 6.68. The van der Waals surface area contributed by atoms with Gasteiger partial charge in [0, 0.05) is 11.3 Å². The van der Waals surface area contributed by atoms with E-state index in [0.29, 0.717) is 17.1 Å². The highest BCUT2D eigenvalue weighted by molar-refractivity contribution is 5.98. The third-order valence-corrected chi connectivity index (χ3v) is 3.50. The maximum absolute atomic E-state index is 12.1. The molecule has 0 aliphatic heterocycles. The van der Waals surface area contributed by atoms with Gasteiger partial charge in [0.15, 0.2) is 0 Å². The molecule has 24 heavy (non-hydrogen) atoms. The number of hydrogen-bond acceptors (Lipinski definition) is 4. The summed E-state index contributed by atoms with van der Waals surface area (Å²) in [6.45, 7) is 9.80. The van der Waals surface area contributed by atoms with Gasteiger partial charge in [0.05, 0.1) is 0 Å². The van der Waals surface area contributed by atoms with Gasteiger partial charge in [-0.05, 0) is 43.0 Å². The molecule has 0 bridgehead atoms. The van der Waals surface area contributed by atoms with Crippen LogP contribution in [-0.4, -0.2) is 21.8 Å². The van der Waals surface area contributed by atoms with Crippen LogP contribution in [0.2, 0.25) is 0 Å². The van der Waals surface area contributed by atoms with Crippen LogP contribution >= 0.6 is 0 Å². The summed E-state index contributed by atoms with van der Waals surface area (Å²) >= 11 is 0. The van der Waals surface area contributed by atoms with E-state index in [4.69, 9.17) is 0 Å². The van der Waals surface area contributed by atoms with Crippen LogP contribution in [0.3, 0.4) is 0 Å². The van der Waals surface area contributed by atoms with Crippen LogP contribution in [0.25, 0.3) is 0 Å². The van der Waals surface area contributed by atoms with Crippen LogP contribution in [0.5, 0.6) is 0 Å². The number of hydrazine groups is 1. The minimum absolute atomic E-state index is 0.0198. The molecule has 0 aliphatic carbocycles. The number of benzene rings is 1. The molecule has 2 N–H and O–H groups in total. The second kappa shape index (κ2) is 6.78. The Balaban J connectivity index is 2.01. The van der Waals surface area contributed by atoms with Crippen molar-refractivity contribution in [3.8, 4) is 0 Å². The van der Waals surface area contributed by atoms with E-state index in [1.54, 1.807) is 32.0 Å². The number of carbonyl (C=O) groups excluding carboxylic acids is 2. The molecule has 0 radical (unpaired) electrons. The maximum Gasteiger partial charge on any atom is 0.288 e. The number of carbonyl (C=O) groups is 2. The van der Waals surface area contributed by atoms with Crippen LogP contribution in [0.4, 0.5) is 0 Å². The van der Waals surface area contributed by atoms with Crippen LogP contribution in [0.1, 0.15) is 58.7 Å². The molecule has 2 aromatic rings. The topological polar surface area (TPSA) is 84.0 Å². The van der Waals surface area contributed by atoms with Gasteiger partial charge in [-0.2, -0.15) is 0 Å². The van der Waals surface area contributed by atoms with Gasteiger partial charge in [-0.1, -0.05) is 32.9 Å². The zero-order chi connectivity index (χ0) is 17.9. The van der Waals surface area contributed by atoms with E-state index < -0.39 is 5.91 Å². The molecule has 6 heteroatoms. The molecular formula is C18H22N4O2. The molecule has 2 amide bonds. The summed E-state index contributed by atoms with van der Waals surface area (Å²) in [5.74, 6) is -0.362. The smallest absolute Gasteiger partial charge is 0.267 e. The molecule has 0 saturated carbocycles. The predicted molar refractivity (Wildman–Crippen MR) is 91.6 cm³/mol. The third-order valence-electron chi connectivity index (χ3n) is 3.50. The summed E-state index contributed by atoms with van der Waals surface area (Å²) in [6.07, 6.45) is 0. The molecule has 2 rings (SSSR count). The largest absolute Gasteiger partial charge is 0.288 e. The van der Waals surface area contributed by atoms with Crippen LogP contribution in [0, 0.1) is 13.8 Å². The van der Waals surface area contributed by atoms with Crippen molar-refractivity contribution in [1.29, 1.82) is 0 Å². The Morgan fingerprint density at radius 3 is 2.04 bits per heavy atom. The van der Waals surface area contributed by atoms with Gasteiger partial charge >= 0.3 is 0 Å². The van der Waals surface area contributed by atoms with Gasteiger partial charge in [0.25, 0.3) is 11.8 Å². The first-order valence-corrected chi connectivity index (χ1v) is 7.70. The molecule has 0 spiro atoms. The summed E-state index contributed by atoms with van der Waals surface area (Å²) in [5.41, 5.74) is 7.29. The Morgan fingerprint density at radius 2 is 1.50 bits per heavy atom. The predicted octanol–water partition coefficient (Wildman–Crippen LogP) is 2.47. The van der Waals surface area contributed by atoms with Crippen molar-refractivity contribution in [2.75, 3.05) is 0 Å². The van der Waals surface area contributed by atoms with E-state index in [2.05, 4.69) is 41.6 Å². The third kappa shape index (κ3) is 4.38. The minimum Gasteiger partial charge on any atom is -0.267 e. The first-order chi connectivity index (χ1) is 11.2. The fourth-order valence-corrected chi connectivity index (χ4v) is 2.20. The highest BCUT2D eigenvalue weighted by Gasteiger charge is 2.15. The summed E-state index contributed by atoms with van der Waals surface area (Å²) < 4.78 is 0. The maximum atomic E-state index is 12.1. The van der Waals surface area contributed by atoms with Crippen LogP contribution in [0.15, 0.2) is 30.3 Å². The van der Waals surface area contributed by atoms with Crippen LogP contribution < -0.4 is 10.9 Å². The standard InChI is InChI=1S/C18H22N4O2/c1-11-10-15(20-12(2)19-11)17(24)22-21-16(23)13-6-8-14(9-7-13)18(3,4)5/h6-10H,1-5H3,(H,21,23)(H,22,24). The number of rotatable bonds is 2. The van der Waals surface area contributed by atoms with Gasteiger partial charge in [-0.25, -0.2) is 9.97 Å². The Bertz CT molecular complexity index is 741. The van der Waals surface area contributed by atoms with E-state index >= 15 is 0 Å². The number of aryl methyl sites for hydroxylation is 2. The molecule has 0 atom stereocenters. The lowest BCUT2D eigenvalue weighted by Gasteiger charge is -2.19. The van der Waals surface area contributed by atoms with Crippen LogP contribution in [-0.2, 0) is 5.41 Å². The second-order valence-corrected chi connectivity index (χ2v) is 6.68. The zero-order valence-electron chi connectivity index (χ0n) is 14.6. The van der Waals surface area contributed by atoms with E-state index in [9.17, 15) is 9.59 Å². The number of aromatic nitrogens is 2. The Morgan fingerprint density at radius 1 is 0.917 bits per heavy atom. The number of nitrogens with one attached hydrogen (secondary N) is 2. The van der Waals surface area contributed by atoms with E-state index in [1.807, 2.05) is 12.1 Å². The highest BCUT2D eigenvalue weighted by Crippen LogP contribution is 2.22. The molecule has 6 nitrogen and oxygen atoms in total. The van der Waals surface area contributed by atoms with Crippen molar-refractivity contribution in [2.45, 2.75) is 40.0 Å². The van der Waals surface area contributed by atoms with Gasteiger partial charge in [-0.15, -0.1) is 0 Å². The molecular weight excluding hydrogens is 304 g/mol. The molecule has 1 heterocycles. The first kappa shape index (κ1) is 17.6. The Labute approximate surface area is 141 Å². The quantitative estimate of drug-likeness (QED) is 0.830. The van der Waals surface area contributed by atoms with Gasteiger partial charge < -0.3 is 0 Å². The van der Waals surface area contributed by atoms with Gasteiger partial charge in [0.2, 0.25) is 0 Å². The van der Waals surface area contributed by atoms with E-state index in [-0.39, 0.29) is 17.0 Å². The van der Waals surface area contributed by atoms with Crippen molar-refractivity contribution in [2.24, 2.45) is 0 Å². The van der Waals surface area contributed by atoms with Gasteiger partial charge in [0.1, 0.15) is 11.5 Å². The normalized spacial score (nSPS) is 11.0. The Hall–Kier alpha value is -2.76. The molecule has 0 saturated heterocycles. The first-order valence-electron chi connectivity index (χ1n) is 7.70. The fraction of sp³-hybridized carbons (Fsp3) is 0.333. The molecule has 1 aromatic carbocycles. The SMILES string of the molecule is Cc1cc(C(=O)NNC(=O)c2ccc(C(C)(C)C)cc2)nc(C)n1. The molecule has 126 valence electrons. The molecule has 0 aliphatic rings. The van der Waals surface area contributed by atoms with Crippen molar-refractivity contribution in [3.63, 3.8) is 0 Å². The molecule has 0 fully saturated rings. The average molecular weight is 326 g/mol. The number of amides is 2. The Kier molecular flexibility index (Phi) is 4.97. The fourth-order valence-electron chi connectivity index (χ4n) is 2.20. The number of nitrogens with zero attached hydrogens (tertiary/aromatic N) is 2. The molecule has 0 unspecified atom stereocenters. The number of hydrogen-bond donors (Lipinski definition) is 2. The van der Waals surface area contributed by atoms with E-state index in [1.165, 1.54) is 0 Å². The lowest BCUT2D eigenvalue weighted by Crippen LogP contribution is -2.42. The van der Waals surface area contributed by atoms with Crippen molar-refractivity contribution >= 4 is 11.8 Å². The summed E-state index contributed by atoms with van der Waals surface area (Å²) in [7, 11) is 0. The summed E-state index contributed by atoms with van der Waals surface area (Å²) in [6, 6.07) is 8.86. The molecule has 1 aromatic heterocycles. The van der Waals surface area contributed by atoms with Crippen molar-refractivity contribution in [3.05, 3.63) is 58.7 Å². The van der Waals surface area contributed by atoms with Crippen molar-refractivity contribution < 1.29 is 9.59 Å². The summed E-state index contributed by atoms with van der Waals surface area (Å²) in [4.78, 5) is 32.3. The van der Waals surface area contributed by atoms with Crippen molar-refractivity contribution in [1.82, 2.24) is 20.8 Å². The lowest BCUT2D eigenvalue weighted by atomic mass is 9.87. The average Bonchev–Trinajstić information content (AvgIpc) is 2.50. The minimum atomic E-state index is -0.483. The summed E-state index contributed by atoms with van der Waals surface area (Å²) in [5, 5.41) is 0. The van der Waals surface area contributed by atoms with E-state index in [0.717, 1.165) is 5.56 Å². The zero-order valence-corrected chi connectivity index (χ0v) is 14.6. The lowest BCUT2D eigenvalue weighted by molar-refractivity contribution is 0.0843. The monoisotopic (exact) mass is 326 g/mol. The highest BCUT2D eigenvalue weighted by atomic mass is 16.2.